The summed E-state index contributed by atoms with van der Waals surface area (Å²) in [5.41, 5.74) is 8.26. The number of nitrogens with zero attached hydrogens (tertiary/aromatic N) is 4. The van der Waals surface area contributed by atoms with Gasteiger partial charge in [-0.25, -0.2) is 4.98 Å². The molecule has 0 fully saturated rings. The van der Waals surface area contributed by atoms with Gasteiger partial charge < -0.3 is 10.3 Å². The normalized spacial score (nSPS) is 17.7. The first-order valence-corrected chi connectivity index (χ1v) is 8.13. The van der Waals surface area contributed by atoms with E-state index in [-0.39, 0.29) is 0 Å². The van der Waals surface area contributed by atoms with Crippen LogP contribution in [0.15, 0.2) is 30.7 Å². The SMILES string of the molecule is CN(Cc1nccn1CCCN)C1CCCc2cccnc21. The number of rotatable bonds is 6. The maximum Gasteiger partial charge on any atom is 0.122 e. The summed E-state index contributed by atoms with van der Waals surface area (Å²) in [6.45, 7) is 2.50. The lowest BCUT2D eigenvalue weighted by molar-refractivity contribution is 0.201. The van der Waals surface area contributed by atoms with Crippen molar-refractivity contribution in [2.75, 3.05) is 13.6 Å². The average Bonchev–Trinajstić information content (AvgIpc) is 2.99. The van der Waals surface area contributed by atoms with Crippen LogP contribution in [0.3, 0.4) is 0 Å². The van der Waals surface area contributed by atoms with Gasteiger partial charge in [0.05, 0.1) is 18.3 Å². The molecule has 22 heavy (non-hydrogen) atoms. The number of hydrogen-bond acceptors (Lipinski definition) is 4. The third-order valence-corrected chi connectivity index (χ3v) is 4.49. The zero-order valence-electron chi connectivity index (χ0n) is 13.3. The van der Waals surface area contributed by atoms with Crippen molar-refractivity contribution in [2.45, 2.75) is 44.8 Å². The molecule has 0 aromatic carbocycles. The summed E-state index contributed by atoms with van der Waals surface area (Å²) in [4.78, 5) is 11.5. The van der Waals surface area contributed by atoms with Gasteiger partial charge in [-0.3, -0.25) is 9.88 Å². The Labute approximate surface area is 132 Å². The van der Waals surface area contributed by atoms with Crippen molar-refractivity contribution >= 4 is 0 Å². The van der Waals surface area contributed by atoms with Crippen molar-refractivity contribution in [1.29, 1.82) is 0 Å². The van der Waals surface area contributed by atoms with Gasteiger partial charge in [0, 0.05) is 25.1 Å². The van der Waals surface area contributed by atoms with Crippen LogP contribution in [-0.4, -0.2) is 33.0 Å². The minimum absolute atomic E-state index is 0.393. The van der Waals surface area contributed by atoms with Crippen molar-refractivity contribution in [2.24, 2.45) is 5.73 Å². The first-order chi connectivity index (χ1) is 10.8. The highest BCUT2D eigenvalue weighted by atomic mass is 15.2. The highest BCUT2D eigenvalue weighted by molar-refractivity contribution is 5.25. The van der Waals surface area contributed by atoms with Crippen molar-refractivity contribution in [1.82, 2.24) is 19.4 Å². The molecule has 0 saturated carbocycles. The van der Waals surface area contributed by atoms with E-state index in [2.05, 4.69) is 32.5 Å². The molecule has 0 bridgehead atoms. The molecule has 0 saturated heterocycles. The number of fused-ring (bicyclic) bond motifs is 1. The summed E-state index contributed by atoms with van der Waals surface area (Å²) < 4.78 is 2.21. The van der Waals surface area contributed by atoms with E-state index in [0.717, 1.165) is 31.8 Å². The van der Waals surface area contributed by atoms with Gasteiger partial charge in [0.25, 0.3) is 0 Å². The van der Waals surface area contributed by atoms with E-state index in [9.17, 15) is 0 Å². The number of nitrogens with two attached hydrogens (primary N) is 1. The molecule has 5 nitrogen and oxygen atoms in total. The molecular formula is C17H25N5. The summed E-state index contributed by atoms with van der Waals surface area (Å²) >= 11 is 0. The number of hydrogen-bond donors (Lipinski definition) is 1. The Balaban J connectivity index is 1.73. The Hall–Kier alpha value is -1.72. The maximum atomic E-state index is 5.61. The highest BCUT2D eigenvalue weighted by Gasteiger charge is 2.25. The zero-order chi connectivity index (χ0) is 15.4. The van der Waals surface area contributed by atoms with Crippen LogP contribution in [0.1, 0.15) is 42.4 Å². The lowest BCUT2D eigenvalue weighted by atomic mass is 9.91. The summed E-state index contributed by atoms with van der Waals surface area (Å²) in [6, 6.07) is 4.65. The number of aromatic nitrogens is 3. The molecule has 1 aliphatic carbocycles. The monoisotopic (exact) mass is 299 g/mol. The van der Waals surface area contributed by atoms with E-state index >= 15 is 0 Å². The van der Waals surface area contributed by atoms with Gasteiger partial charge in [-0.1, -0.05) is 6.07 Å². The number of imidazole rings is 1. The van der Waals surface area contributed by atoms with Crippen LogP contribution in [0.2, 0.25) is 0 Å². The molecule has 2 N–H and O–H groups in total. The van der Waals surface area contributed by atoms with E-state index in [4.69, 9.17) is 5.73 Å². The van der Waals surface area contributed by atoms with Crippen LogP contribution in [-0.2, 0) is 19.5 Å². The molecule has 0 radical (unpaired) electrons. The average molecular weight is 299 g/mol. The van der Waals surface area contributed by atoms with Gasteiger partial charge in [0.1, 0.15) is 5.82 Å². The van der Waals surface area contributed by atoms with Crippen molar-refractivity contribution in [3.8, 4) is 0 Å². The fraction of sp³-hybridized carbons (Fsp3) is 0.529. The summed E-state index contributed by atoms with van der Waals surface area (Å²) in [5, 5.41) is 0. The fourth-order valence-electron chi connectivity index (χ4n) is 3.30. The Morgan fingerprint density at radius 2 is 2.27 bits per heavy atom. The number of pyridine rings is 1. The molecule has 2 aromatic heterocycles. The van der Waals surface area contributed by atoms with Crippen molar-refractivity contribution in [3.63, 3.8) is 0 Å². The highest BCUT2D eigenvalue weighted by Crippen LogP contribution is 2.32. The standard InChI is InChI=1S/C17H25N5/c1-21(13-16-19-10-12-22(16)11-4-8-18)15-7-2-5-14-6-3-9-20-17(14)15/h3,6,9-10,12,15H,2,4-5,7-8,11,13,18H2,1H3. The summed E-state index contributed by atoms with van der Waals surface area (Å²) in [6.07, 6.45) is 10.4. The topological polar surface area (TPSA) is 60.0 Å². The van der Waals surface area contributed by atoms with Gasteiger partial charge in [0.2, 0.25) is 0 Å². The second-order valence-corrected chi connectivity index (χ2v) is 6.05. The molecule has 1 atom stereocenters. The van der Waals surface area contributed by atoms with E-state index in [0.29, 0.717) is 12.6 Å². The van der Waals surface area contributed by atoms with Crippen molar-refractivity contribution in [3.05, 3.63) is 47.8 Å². The molecular weight excluding hydrogens is 274 g/mol. The smallest absolute Gasteiger partial charge is 0.122 e. The molecule has 118 valence electrons. The van der Waals surface area contributed by atoms with E-state index in [1.54, 1.807) is 0 Å². The molecule has 2 heterocycles. The molecule has 2 aromatic rings. The minimum Gasteiger partial charge on any atom is -0.334 e. The Morgan fingerprint density at radius 1 is 1.36 bits per heavy atom. The molecule has 1 unspecified atom stereocenters. The largest absolute Gasteiger partial charge is 0.334 e. The Bertz CT molecular complexity index is 607. The molecule has 0 spiro atoms. The van der Waals surface area contributed by atoms with Crippen molar-refractivity contribution < 1.29 is 0 Å². The van der Waals surface area contributed by atoms with Crippen LogP contribution >= 0.6 is 0 Å². The Morgan fingerprint density at radius 3 is 3.14 bits per heavy atom. The zero-order valence-corrected chi connectivity index (χ0v) is 13.3. The lowest BCUT2D eigenvalue weighted by Gasteiger charge is -2.32. The van der Waals surface area contributed by atoms with E-state index < -0.39 is 0 Å². The second kappa shape index (κ2) is 7.03. The molecule has 0 aliphatic heterocycles. The lowest BCUT2D eigenvalue weighted by Crippen LogP contribution is -2.29. The molecule has 1 aliphatic rings. The Kier molecular flexibility index (Phi) is 4.85. The predicted molar refractivity (Wildman–Crippen MR) is 87.3 cm³/mol. The van der Waals surface area contributed by atoms with Gasteiger partial charge in [0.15, 0.2) is 0 Å². The molecule has 0 amide bonds. The van der Waals surface area contributed by atoms with Gasteiger partial charge in [-0.15, -0.1) is 0 Å². The van der Waals surface area contributed by atoms with Gasteiger partial charge in [-0.05, 0) is 50.9 Å². The van der Waals surface area contributed by atoms with Crippen LogP contribution < -0.4 is 5.73 Å². The van der Waals surface area contributed by atoms with Crippen LogP contribution in [0.25, 0.3) is 0 Å². The quantitative estimate of drug-likeness (QED) is 0.888. The van der Waals surface area contributed by atoms with Crippen LogP contribution in [0.4, 0.5) is 0 Å². The summed E-state index contributed by atoms with van der Waals surface area (Å²) in [7, 11) is 2.18. The molecule has 5 heteroatoms. The number of aryl methyl sites for hydroxylation is 2. The fourth-order valence-corrected chi connectivity index (χ4v) is 3.30. The van der Waals surface area contributed by atoms with E-state index in [1.807, 2.05) is 24.7 Å². The second-order valence-electron chi connectivity index (χ2n) is 6.05. The van der Waals surface area contributed by atoms with Gasteiger partial charge in [-0.2, -0.15) is 0 Å². The predicted octanol–water partition coefficient (Wildman–Crippen LogP) is 2.14. The summed E-state index contributed by atoms with van der Waals surface area (Å²) in [5.74, 6) is 1.11. The van der Waals surface area contributed by atoms with Crippen LogP contribution in [0.5, 0.6) is 0 Å². The maximum absolute atomic E-state index is 5.61. The van der Waals surface area contributed by atoms with E-state index in [1.165, 1.54) is 24.1 Å². The third-order valence-electron chi connectivity index (χ3n) is 4.49. The minimum atomic E-state index is 0.393. The van der Waals surface area contributed by atoms with Crippen LogP contribution in [0, 0.1) is 0 Å². The molecule has 3 rings (SSSR count). The first-order valence-electron chi connectivity index (χ1n) is 8.13. The third kappa shape index (κ3) is 3.20. The van der Waals surface area contributed by atoms with Gasteiger partial charge >= 0.3 is 0 Å². The first kappa shape index (κ1) is 15.2.